The molecule has 4 nitrogen and oxygen atoms in total. The van der Waals surface area contributed by atoms with Crippen LogP contribution in [-0.4, -0.2) is 22.7 Å². The number of hydrogen-bond donors (Lipinski definition) is 0. The lowest BCUT2D eigenvalue weighted by molar-refractivity contribution is -0.00455. The minimum absolute atomic E-state index is 0.0229. The van der Waals surface area contributed by atoms with Crippen LogP contribution in [0.4, 0.5) is 0 Å². The van der Waals surface area contributed by atoms with Crippen molar-refractivity contribution in [2.75, 3.05) is 0 Å². The van der Waals surface area contributed by atoms with Gasteiger partial charge in [-0.3, -0.25) is 4.79 Å². The van der Waals surface area contributed by atoms with Gasteiger partial charge in [0.1, 0.15) is 5.75 Å². The van der Waals surface area contributed by atoms with Gasteiger partial charge in [0, 0.05) is 17.5 Å². The predicted molar refractivity (Wildman–Crippen MR) is 102 cm³/mol. The molecule has 2 aromatic carbocycles. The van der Waals surface area contributed by atoms with Crippen molar-refractivity contribution in [3.05, 3.63) is 88.1 Å². The van der Waals surface area contributed by atoms with Crippen molar-refractivity contribution in [2.24, 2.45) is 5.10 Å². The molecule has 5 rings (SSSR count). The number of para-hydroxylation sites is 1. The first-order valence-corrected chi connectivity index (χ1v) is 9.44. The molecule has 5 heteroatoms. The number of thiophene rings is 1. The molecule has 3 heterocycles. The third kappa shape index (κ3) is 2.44. The van der Waals surface area contributed by atoms with E-state index in [0.717, 1.165) is 28.3 Å². The molecule has 0 N–H and O–H groups in total. The molecule has 0 radical (unpaired) electrons. The standard InChI is InChI=1S/C21H16N2O2S/c24-20(14-7-2-1-3-8-14)21-23-17(15-9-4-5-10-18(15)25-21)13-16(22-23)19-11-6-12-26-19/h1-12,17,21H,13H2/t17-,21+/m0/s1. The maximum atomic E-state index is 13.1. The van der Waals surface area contributed by atoms with Crippen molar-refractivity contribution in [3.8, 4) is 5.75 Å². The Labute approximate surface area is 155 Å². The van der Waals surface area contributed by atoms with Gasteiger partial charge in [0.05, 0.1) is 16.6 Å². The van der Waals surface area contributed by atoms with Gasteiger partial charge in [0.2, 0.25) is 5.78 Å². The van der Waals surface area contributed by atoms with Crippen molar-refractivity contribution >= 4 is 22.8 Å². The average molecular weight is 360 g/mol. The number of carbonyl (C=O) groups is 1. The Hall–Kier alpha value is -2.92. The van der Waals surface area contributed by atoms with E-state index in [1.165, 1.54) is 0 Å². The number of nitrogens with zero attached hydrogens (tertiary/aromatic N) is 2. The molecule has 2 aliphatic heterocycles. The van der Waals surface area contributed by atoms with E-state index in [-0.39, 0.29) is 11.8 Å². The van der Waals surface area contributed by atoms with Crippen LogP contribution in [0.15, 0.2) is 77.2 Å². The molecule has 0 amide bonds. The van der Waals surface area contributed by atoms with E-state index in [0.29, 0.717) is 5.56 Å². The minimum Gasteiger partial charge on any atom is -0.461 e. The molecule has 2 atom stereocenters. The van der Waals surface area contributed by atoms with Gasteiger partial charge in [-0.25, -0.2) is 5.01 Å². The van der Waals surface area contributed by atoms with Crippen molar-refractivity contribution in [1.29, 1.82) is 0 Å². The quantitative estimate of drug-likeness (QED) is 0.646. The first-order chi connectivity index (χ1) is 12.8. The summed E-state index contributed by atoms with van der Waals surface area (Å²) in [5.41, 5.74) is 2.73. The number of benzene rings is 2. The molecule has 2 aliphatic rings. The normalized spacial score (nSPS) is 20.8. The Bertz CT molecular complexity index is 982. The molecular weight excluding hydrogens is 344 g/mol. The molecule has 128 valence electrons. The van der Waals surface area contributed by atoms with Crippen LogP contribution in [0.5, 0.6) is 5.75 Å². The largest absolute Gasteiger partial charge is 0.461 e. The zero-order valence-corrected chi connectivity index (χ0v) is 14.7. The van der Waals surface area contributed by atoms with Crippen LogP contribution in [0.1, 0.15) is 33.3 Å². The minimum atomic E-state index is -0.741. The Morgan fingerprint density at radius 2 is 1.85 bits per heavy atom. The van der Waals surface area contributed by atoms with Crippen molar-refractivity contribution in [2.45, 2.75) is 18.7 Å². The van der Waals surface area contributed by atoms with E-state index < -0.39 is 6.23 Å². The van der Waals surface area contributed by atoms with Gasteiger partial charge < -0.3 is 4.74 Å². The summed E-state index contributed by atoms with van der Waals surface area (Å²) >= 11 is 1.67. The van der Waals surface area contributed by atoms with Gasteiger partial charge in [-0.2, -0.15) is 5.10 Å². The van der Waals surface area contributed by atoms with Crippen LogP contribution in [0.3, 0.4) is 0 Å². The number of ether oxygens (including phenoxy) is 1. The highest BCUT2D eigenvalue weighted by Crippen LogP contribution is 2.43. The van der Waals surface area contributed by atoms with Crippen molar-refractivity contribution in [3.63, 3.8) is 0 Å². The molecule has 0 spiro atoms. The molecule has 0 aliphatic carbocycles. The SMILES string of the molecule is O=C(c1ccccc1)[C@H]1Oc2ccccc2[C@@H]2CC(c3cccs3)=NN12. The number of hydrogen-bond acceptors (Lipinski definition) is 5. The van der Waals surface area contributed by atoms with E-state index in [1.54, 1.807) is 11.3 Å². The lowest BCUT2D eigenvalue weighted by Gasteiger charge is -2.37. The Kier molecular flexibility index (Phi) is 3.60. The average Bonchev–Trinajstić information content (AvgIpc) is 3.37. The Balaban J connectivity index is 1.58. The number of rotatable bonds is 3. The van der Waals surface area contributed by atoms with Crippen molar-refractivity contribution in [1.82, 2.24) is 5.01 Å². The van der Waals surface area contributed by atoms with Crippen molar-refractivity contribution < 1.29 is 9.53 Å². The summed E-state index contributed by atoms with van der Waals surface area (Å²) in [5.74, 6) is 0.701. The fraction of sp³-hybridized carbons (Fsp3) is 0.143. The van der Waals surface area contributed by atoms with Gasteiger partial charge in [0.15, 0.2) is 0 Å². The predicted octanol–water partition coefficient (Wildman–Crippen LogP) is 4.50. The number of fused-ring (bicyclic) bond motifs is 3. The molecule has 3 aromatic rings. The van der Waals surface area contributed by atoms with Crippen LogP contribution in [0.25, 0.3) is 0 Å². The number of ketones is 1. The maximum Gasteiger partial charge on any atom is 0.251 e. The highest BCUT2D eigenvalue weighted by molar-refractivity contribution is 7.12. The fourth-order valence-electron chi connectivity index (χ4n) is 3.54. The summed E-state index contributed by atoms with van der Waals surface area (Å²) < 4.78 is 6.10. The third-order valence-corrected chi connectivity index (χ3v) is 5.71. The van der Waals surface area contributed by atoms with Crippen LogP contribution < -0.4 is 4.74 Å². The molecular formula is C21H16N2O2S. The molecule has 0 bridgehead atoms. The first kappa shape index (κ1) is 15.3. The summed E-state index contributed by atoms with van der Waals surface area (Å²) in [7, 11) is 0. The number of hydrazone groups is 1. The maximum absolute atomic E-state index is 13.1. The van der Waals surface area contributed by atoms with Gasteiger partial charge in [-0.15, -0.1) is 11.3 Å². The van der Waals surface area contributed by atoms with Gasteiger partial charge in [-0.1, -0.05) is 54.6 Å². The van der Waals surface area contributed by atoms with E-state index in [2.05, 4.69) is 12.1 Å². The van der Waals surface area contributed by atoms with Gasteiger partial charge in [-0.05, 0) is 17.5 Å². The molecule has 26 heavy (non-hydrogen) atoms. The summed E-state index contributed by atoms with van der Waals surface area (Å²) in [4.78, 5) is 14.3. The zero-order valence-electron chi connectivity index (χ0n) is 13.9. The summed E-state index contributed by atoms with van der Waals surface area (Å²) in [5, 5.41) is 8.68. The van der Waals surface area contributed by atoms with Crippen LogP contribution in [0.2, 0.25) is 0 Å². The van der Waals surface area contributed by atoms with Crippen LogP contribution in [-0.2, 0) is 0 Å². The molecule has 0 saturated heterocycles. The van der Waals surface area contributed by atoms with Crippen LogP contribution in [0, 0.1) is 0 Å². The monoisotopic (exact) mass is 360 g/mol. The lowest BCUT2D eigenvalue weighted by atomic mass is 9.97. The highest BCUT2D eigenvalue weighted by Gasteiger charge is 2.43. The smallest absolute Gasteiger partial charge is 0.251 e. The Morgan fingerprint density at radius 3 is 2.65 bits per heavy atom. The van der Waals surface area contributed by atoms with E-state index in [1.807, 2.05) is 65.0 Å². The van der Waals surface area contributed by atoms with E-state index >= 15 is 0 Å². The second kappa shape index (κ2) is 6.11. The third-order valence-electron chi connectivity index (χ3n) is 4.79. The lowest BCUT2D eigenvalue weighted by Crippen LogP contribution is -2.45. The van der Waals surface area contributed by atoms with Gasteiger partial charge >= 0.3 is 0 Å². The fourth-order valence-corrected chi connectivity index (χ4v) is 4.26. The summed E-state index contributed by atoms with van der Waals surface area (Å²) in [6.07, 6.45) is 0.0363. The summed E-state index contributed by atoms with van der Waals surface area (Å²) in [6.45, 7) is 0. The Morgan fingerprint density at radius 1 is 1.04 bits per heavy atom. The molecule has 0 fully saturated rings. The topological polar surface area (TPSA) is 41.9 Å². The van der Waals surface area contributed by atoms with Gasteiger partial charge in [0.25, 0.3) is 6.23 Å². The number of carbonyl (C=O) groups excluding carboxylic acids is 1. The summed E-state index contributed by atoms with van der Waals surface area (Å²) in [6, 6.07) is 21.3. The molecule has 0 saturated carbocycles. The van der Waals surface area contributed by atoms with Crippen LogP contribution >= 0.6 is 11.3 Å². The first-order valence-electron chi connectivity index (χ1n) is 8.56. The van der Waals surface area contributed by atoms with E-state index in [4.69, 9.17) is 9.84 Å². The second-order valence-electron chi connectivity index (χ2n) is 6.36. The van der Waals surface area contributed by atoms with E-state index in [9.17, 15) is 4.79 Å². The zero-order chi connectivity index (χ0) is 17.5. The number of Topliss-reactive ketones (excluding diaryl/α,β-unsaturated/α-hetero) is 1. The highest BCUT2D eigenvalue weighted by atomic mass is 32.1. The molecule has 0 unspecified atom stereocenters. The second-order valence-corrected chi connectivity index (χ2v) is 7.31. The molecule has 1 aromatic heterocycles.